The van der Waals surface area contributed by atoms with Crippen molar-refractivity contribution in [2.75, 3.05) is 27.9 Å². The molecule has 0 radical (unpaired) electrons. The van der Waals surface area contributed by atoms with Crippen LogP contribution in [0.5, 0.6) is 17.2 Å². The molecule has 31 heavy (non-hydrogen) atoms. The molecule has 0 saturated heterocycles. The van der Waals surface area contributed by atoms with Crippen molar-refractivity contribution >= 4 is 17.2 Å². The zero-order chi connectivity index (χ0) is 22.2. The van der Waals surface area contributed by atoms with E-state index in [-0.39, 0.29) is 5.91 Å². The lowest BCUT2D eigenvalue weighted by molar-refractivity contribution is -0.121. The van der Waals surface area contributed by atoms with Gasteiger partial charge in [-0.1, -0.05) is 30.3 Å². The lowest BCUT2D eigenvalue weighted by atomic mass is 10.1. The number of thiazole rings is 1. The number of nitrogens with one attached hydrogen (secondary N) is 1. The molecule has 0 aliphatic heterocycles. The van der Waals surface area contributed by atoms with E-state index in [0.29, 0.717) is 36.6 Å². The molecule has 7 heteroatoms. The lowest BCUT2D eigenvalue weighted by Crippen LogP contribution is -2.25. The number of aryl methyl sites for hydroxylation is 2. The summed E-state index contributed by atoms with van der Waals surface area (Å²) >= 11 is 1.65. The molecule has 6 nitrogen and oxygen atoms in total. The van der Waals surface area contributed by atoms with Crippen LogP contribution in [-0.2, 0) is 17.6 Å². The molecule has 1 heterocycles. The molecule has 3 rings (SSSR count). The normalized spacial score (nSPS) is 10.6. The van der Waals surface area contributed by atoms with E-state index in [4.69, 9.17) is 14.2 Å². The van der Waals surface area contributed by atoms with Gasteiger partial charge in [-0.2, -0.15) is 0 Å². The molecule has 0 spiro atoms. The number of amides is 1. The fraction of sp³-hybridized carbons (Fsp3) is 0.333. The number of ether oxygens (including phenoxy) is 3. The molecule has 1 amide bonds. The second-order valence-corrected chi connectivity index (χ2v) is 8.10. The molecular weight excluding hydrogens is 412 g/mol. The van der Waals surface area contributed by atoms with Crippen molar-refractivity contribution in [1.82, 2.24) is 10.3 Å². The fourth-order valence-electron chi connectivity index (χ4n) is 3.38. The molecule has 3 aromatic rings. The van der Waals surface area contributed by atoms with Crippen LogP contribution in [0, 0.1) is 6.92 Å². The van der Waals surface area contributed by atoms with E-state index in [0.717, 1.165) is 28.2 Å². The summed E-state index contributed by atoms with van der Waals surface area (Å²) in [5.41, 5.74) is 4.20. The van der Waals surface area contributed by atoms with E-state index < -0.39 is 0 Å². The van der Waals surface area contributed by atoms with Gasteiger partial charge >= 0.3 is 0 Å². The zero-order valence-electron chi connectivity index (χ0n) is 18.4. The van der Waals surface area contributed by atoms with Gasteiger partial charge in [0, 0.05) is 23.9 Å². The predicted molar refractivity (Wildman–Crippen MR) is 123 cm³/mol. The Balaban J connectivity index is 1.49. The number of carbonyl (C=O) groups is 1. The van der Waals surface area contributed by atoms with Crippen LogP contribution in [0.15, 0.2) is 41.8 Å². The highest BCUT2D eigenvalue weighted by Gasteiger charge is 2.16. The van der Waals surface area contributed by atoms with Gasteiger partial charge in [0.25, 0.3) is 0 Å². The minimum absolute atomic E-state index is 0.00593. The zero-order valence-corrected chi connectivity index (χ0v) is 19.2. The van der Waals surface area contributed by atoms with Gasteiger partial charge in [-0.15, -0.1) is 11.3 Å². The first-order valence-electron chi connectivity index (χ1n) is 10.1. The molecular formula is C24H28N2O4S. The van der Waals surface area contributed by atoms with Crippen LogP contribution in [-0.4, -0.2) is 38.8 Å². The Morgan fingerprint density at radius 3 is 2.32 bits per heavy atom. The second kappa shape index (κ2) is 10.8. The van der Waals surface area contributed by atoms with E-state index in [9.17, 15) is 4.79 Å². The first kappa shape index (κ1) is 22.6. The summed E-state index contributed by atoms with van der Waals surface area (Å²) in [4.78, 5) is 16.8. The average Bonchev–Trinajstić information content (AvgIpc) is 3.23. The molecule has 0 aliphatic rings. The highest BCUT2D eigenvalue weighted by Crippen LogP contribution is 2.40. The number of rotatable bonds is 10. The largest absolute Gasteiger partial charge is 0.493 e. The summed E-state index contributed by atoms with van der Waals surface area (Å²) < 4.78 is 16.2. The Morgan fingerprint density at radius 1 is 0.968 bits per heavy atom. The van der Waals surface area contributed by atoms with Crippen LogP contribution >= 0.6 is 11.3 Å². The quantitative estimate of drug-likeness (QED) is 0.505. The van der Waals surface area contributed by atoms with Gasteiger partial charge in [0.2, 0.25) is 11.7 Å². The third kappa shape index (κ3) is 5.76. The van der Waals surface area contributed by atoms with Crippen molar-refractivity contribution in [2.24, 2.45) is 0 Å². The first-order valence-corrected chi connectivity index (χ1v) is 11.0. The number of aromatic nitrogens is 1. The number of methoxy groups -OCH3 is 3. The van der Waals surface area contributed by atoms with Gasteiger partial charge in [-0.25, -0.2) is 4.98 Å². The average molecular weight is 441 g/mol. The third-order valence-electron chi connectivity index (χ3n) is 5.01. The Morgan fingerprint density at radius 2 is 1.71 bits per heavy atom. The number of hydrogen-bond acceptors (Lipinski definition) is 6. The van der Waals surface area contributed by atoms with Crippen molar-refractivity contribution in [3.05, 3.63) is 57.9 Å². The molecule has 0 saturated carbocycles. The summed E-state index contributed by atoms with van der Waals surface area (Å²) in [6.07, 6.45) is 1.70. The summed E-state index contributed by atoms with van der Waals surface area (Å²) in [5, 5.41) is 6.12. The summed E-state index contributed by atoms with van der Waals surface area (Å²) in [5.74, 6) is 1.75. The standard InChI is InChI=1S/C24H28N2O4S/c1-16-26-20(15-31-16)18-7-5-17(6-8-18)13-14-25-22(27)12-10-19-9-11-21(28-2)24(30-4)23(19)29-3/h5-9,11,15H,10,12-14H2,1-4H3,(H,25,27). The maximum Gasteiger partial charge on any atom is 0.220 e. The molecule has 0 atom stereocenters. The summed E-state index contributed by atoms with van der Waals surface area (Å²) in [6, 6.07) is 12.1. The van der Waals surface area contributed by atoms with Crippen molar-refractivity contribution in [2.45, 2.75) is 26.2 Å². The van der Waals surface area contributed by atoms with Gasteiger partial charge in [0.05, 0.1) is 32.0 Å². The molecule has 164 valence electrons. The van der Waals surface area contributed by atoms with E-state index in [1.807, 2.05) is 19.1 Å². The minimum Gasteiger partial charge on any atom is -0.493 e. The second-order valence-electron chi connectivity index (χ2n) is 7.04. The molecule has 0 bridgehead atoms. The SMILES string of the molecule is COc1ccc(CCC(=O)NCCc2ccc(-c3csc(C)n3)cc2)c(OC)c1OC. The van der Waals surface area contributed by atoms with Crippen molar-refractivity contribution in [1.29, 1.82) is 0 Å². The fourth-order valence-corrected chi connectivity index (χ4v) is 4.00. The van der Waals surface area contributed by atoms with E-state index in [2.05, 4.69) is 39.9 Å². The van der Waals surface area contributed by atoms with Crippen LogP contribution in [0.25, 0.3) is 11.3 Å². The molecule has 0 fully saturated rings. The number of hydrogen-bond donors (Lipinski definition) is 1. The van der Waals surface area contributed by atoms with Crippen LogP contribution in [0.2, 0.25) is 0 Å². The third-order valence-corrected chi connectivity index (χ3v) is 5.79. The molecule has 0 aliphatic carbocycles. The van der Waals surface area contributed by atoms with Crippen LogP contribution in [0.1, 0.15) is 22.6 Å². The van der Waals surface area contributed by atoms with Gasteiger partial charge in [-0.05, 0) is 37.0 Å². The van der Waals surface area contributed by atoms with E-state index >= 15 is 0 Å². The highest BCUT2D eigenvalue weighted by molar-refractivity contribution is 7.09. The van der Waals surface area contributed by atoms with Crippen molar-refractivity contribution < 1.29 is 19.0 Å². The lowest BCUT2D eigenvalue weighted by Gasteiger charge is -2.15. The Bertz CT molecular complexity index is 1010. The Hall–Kier alpha value is -3.06. The van der Waals surface area contributed by atoms with E-state index in [1.165, 1.54) is 5.56 Å². The van der Waals surface area contributed by atoms with Gasteiger partial charge < -0.3 is 19.5 Å². The Kier molecular flexibility index (Phi) is 7.89. The maximum absolute atomic E-state index is 12.3. The molecule has 0 unspecified atom stereocenters. The topological polar surface area (TPSA) is 69.7 Å². The smallest absolute Gasteiger partial charge is 0.220 e. The first-order chi connectivity index (χ1) is 15.0. The number of carbonyl (C=O) groups excluding carboxylic acids is 1. The van der Waals surface area contributed by atoms with Gasteiger partial charge in [-0.3, -0.25) is 4.79 Å². The number of benzene rings is 2. The van der Waals surface area contributed by atoms with Crippen LogP contribution < -0.4 is 19.5 Å². The molecule has 2 aromatic carbocycles. The summed E-state index contributed by atoms with van der Waals surface area (Å²) in [7, 11) is 4.74. The van der Waals surface area contributed by atoms with Crippen LogP contribution in [0.4, 0.5) is 0 Å². The monoisotopic (exact) mass is 440 g/mol. The summed E-state index contributed by atoms with van der Waals surface area (Å²) in [6.45, 7) is 2.60. The molecule has 1 aromatic heterocycles. The van der Waals surface area contributed by atoms with Gasteiger partial charge in [0.1, 0.15) is 0 Å². The molecule has 1 N–H and O–H groups in total. The Labute approximate surface area is 187 Å². The maximum atomic E-state index is 12.3. The number of nitrogens with zero attached hydrogens (tertiary/aromatic N) is 1. The van der Waals surface area contributed by atoms with Crippen LogP contribution in [0.3, 0.4) is 0 Å². The van der Waals surface area contributed by atoms with Crippen molar-refractivity contribution in [3.63, 3.8) is 0 Å². The highest BCUT2D eigenvalue weighted by atomic mass is 32.1. The predicted octanol–water partition coefficient (Wildman–Crippen LogP) is 4.44. The minimum atomic E-state index is 0.00593. The van der Waals surface area contributed by atoms with Gasteiger partial charge in [0.15, 0.2) is 11.5 Å². The van der Waals surface area contributed by atoms with Crippen molar-refractivity contribution in [3.8, 4) is 28.5 Å². The van der Waals surface area contributed by atoms with E-state index in [1.54, 1.807) is 32.7 Å².